The van der Waals surface area contributed by atoms with Gasteiger partial charge in [-0.05, 0) is 32.8 Å². The third-order valence-corrected chi connectivity index (χ3v) is 5.09. The maximum atomic E-state index is 12.5. The van der Waals surface area contributed by atoms with Gasteiger partial charge in [-0.2, -0.15) is 4.98 Å². The standard InChI is InChI=1S/C21H23N5O3.C2H6/c1-4-22-19-14(3)21(27)26(12-23-19)10-18-24-20(25-29-18)16-9-17(28-11-16)15-7-5-13(2)6-8-15;1-2/h4-8,12,16-17H,9-11H2,1-3H3;1-2H3/b22-4-;/t16-,17+;/m0./s1. The maximum absolute atomic E-state index is 12.5. The van der Waals surface area contributed by atoms with Gasteiger partial charge in [0.05, 0.1) is 18.3 Å². The largest absolute Gasteiger partial charge is 0.373 e. The summed E-state index contributed by atoms with van der Waals surface area (Å²) in [5.74, 6) is 1.47. The van der Waals surface area contributed by atoms with Gasteiger partial charge in [-0.15, -0.1) is 0 Å². The summed E-state index contributed by atoms with van der Waals surface area (Å²) in [6, 6.07) is 8.36. The van der Waals surface area contributed by atoms with Crippen LogP contribution in [0.15, 0.2) is 44.9 Å². The first kappa shape index (κ1) is 22.6. The van der Waals surface area contributed by atoms with Gasteiger partial charge in [-0.3, -0.25) is 9.36 Å². The molecule has 4 rings (SSSR count). The van der Waals surface area contributed by atoms with Crippen molar-refractivity contribution in [3.05, 3.63) is 69.4 Å². The number of nitrogens with zero attached hydrogens (tertiary/aromatic N) is 5. The highest BCUT2D eigenvalue weighted by atomic mass is 16.5. The average molecular weight is 424 g/mol. The van der Waals surface area contributed by atoms with Gasteiger partial charge in [0.1, 0.15) is 12.9 Å². The van der Waals surface area contributed by atoms with Crippen molar-refractivity contribution in [2.45, 2.75) is 59.6 Å². The molecule has 1 aromatic carbocycles. The lowest BCUT2D eigenvalue weighted by Gasteiger charge is -2.09. The van der Waals surface area contributed by atoms with Gasteiger partial charge in [-0.25, -0.2) is 9.98 Å². The van der Waals surface area contributed by atoms with Crippen molar-refractivity contribution in [3.8, 4) is 0 Å². The number of ether oxygens (including phenoxy) is 1. The second kappa shape index (κ2) is 10.3. The van der Waals surface area contributed by atoms with Gasteiger partial charge in [-0.1, -0.05) is 48.8 Å². The number of hydrogen-bond donors (Lipinski definition) is 0. The molecule has 1 fully saturated rings. The molecule has 0 N–H and O–H groups in total. The van der Waals surface area contributed by atoms with Crippen LogP contribution in [0.5, 0.6) is 0 Å². The van der Waals surface area contributed by atoms with Crippen molar-refractivity contribution in [2.75, 3.05) is 6.61 Å². The van der Waals surface area contributed by atoms with E-state index in [2.05, 4.69) is 51.3 Å². The van der Waals surface area contributed by atoms with Crippen LogP contribution in [0.4, 0.5) is 5.82 Å². The molecule has 0 spiro atoms. The van der Waals surface area contributed by atoms with Crippen LogP contribution in [0, 0.1) is 13.8 Å². The minimum atomic E-state index is -0.177. The Morgan fingerprint density at radius 1 is 1.23 bits per heavy atom. The quantitative estimate of drug-likeness (QED) is 0.568. The van der Waals surface area contributed by atoms with Crippen LogP contribution in [0.3, 0.4) is 0 Å². The first-order chi connectivity index (χ1) is 15.0. The normalized spacial score (nSPS) is 18.2. The Kier molecular flexibility index (Phi) is 7.46. The summed E-state index contributed by atoms with van der Waals surface area (Å²) in [6.07, 6.45) is 3.89. The first-order valence-corrected chi connectivity index (χ1v) is 10.6. The summed E-state index contributed by atoms with van der Waals surface area (Å²) in [4.78, 5) is 25.3. The zero-order chi connectivity index (χ0) is 22.4. The summed E-state index contributed by atoms with van der Waals surface area (Å²) < 4.78 is 12.8. The summed E-state index contributed by atoms with van der Waals surface area (Å²) >= 11 is 0. The zero-order valence-corrected chi connectivity index (χ0v) is 18.7. The van der Waals surface area contributed by atoms with E-state index < -0.39 is 0 Å². The van der Waals surface area contributed by atoms with Gasteiger partial charge in [0.25, 0.3) is 5.56 Å². The minimum Gasteiger partial charge on any atom is -0.373 e. The number of aryl methyl sites for hydroxylation is 1. The van der Waals surface area contributed by atoms with Crippen LogP contribution in [-0.2, 0) is 11.3 Å². The van der Waals surface area contributed by atoms with E-state index in [1.807, 2.05) is 13.8 Å². The van der Waals surface area contributed by atoms with E-state index >= 15 is 0 Å². The highest BCUT2D eigenvalue weighted by Gasteiger charge is 2.31. The Morgan fingerprint density at radius 2 is 1.97 bits per heavy atom. The molecule has 0 bridgehead atoms. The molecule has 3 aromatic rings. The van der Waals surface area contributed by atoms with Crippen LogP contribution < -0.4 is 5.56 Å². The molecule has 8 heteroatoms. The molecule has 8 nitrogen and oxygen atoms in total. The van der Waals surface area contributed by atoms with Crippen LogP contribution in [0.1, 0.15) is 67.6 Å². The molecule has 1 saturated heterocycles. The van der Waals surface area contributed by atoms with Crippen molar-refractivity contribution < 1.29 is 9.26 Å². The lowest BCUT2D eigenvalue weighted by atomic mass is 9.99. The second-order valence-corrected chi connectivity index (χ2v) is 7.23. The molecular weight excluding hydrogens is 394 g/mol. The summed E-state index contributed by atoms with van der Waals surface area (Å²) in [5, 5.41) is 4.11. The van der Waals surface area contributed by atoms with E-state index in [-0.39, 0.29) is 24.1 Å². The molecule has 2 aromatic heterocycles. The van der Waals surface area contributed by atoms with E-state index in [0.717, 1.165) is 12.0 Å². The Bertz CT molecular complexity index is 1090. The molecule has 164 valence electrons. The van der Waals surface area contributed by atoms with Crippen molar-refractivity contribution in [1.29, 1.82) is 0 Å². The number of hydrogen-bond acceptors (Lipinski definition) is 7. The third-order valence-electron chi connectivity index (χ3n) is 5.09. The molecule has 0 amide bonds. The lowest BCUT2D eigenvalue weighted by molar-refractivity contribution is 0.110. The Labute approximate surface area is 182 Å². The molecule has 0 saturated carbocycles. The van der Waals surface area contributed by atoms with E-state index in [0.29, 0.717) is 29.7 Å². The average Bonchev–Trinajstić information content (AvgIpc) is 3.45. The number of rotatable bonds is 5. The van der Waals surface area contributed by atoms with Crippen LogP contribution in [0.2, 0.25) is 0 Å². The van der Waals surface area contributed by atoms with Crippen molar-refractivity contribution >= 4 is 12.0 Å². The summed E-state index contributed by atoms with van der Waals surface area (Å²) in [7, 11) is 0. The Morgan fingerprint density at radius 3 is 2.68 bits per heavy atom. The topological polar surface area (TPSA) is 95.4 Å². The zero-order valence-electron chi connectivity index (χ0n) is 18.7. The molecule has 3 heterocycles. The molecule has 0 unspecified atom stereocenters. The van der Waals surface area contributed by atoms with Crippen molar-refractivity contribution in [3.63, 3.8) is 0 Å². The highest BCUT2D eigenvalue weighted by molar-refractivity contribution is 5.59. The Hall–Kier alpha value is -3.13. The maximum Gasteiger partial charge on any atom is 0.258 e. The molecule has 2 atom stereocenters. The fourth-order valence-corrected chi connectivity index (χ4v) is 3.41. The van der Waals surface area contributed by atoms with Gasteiger partial charge >= 0.3 is 0 Å². The van der Waals surface area contributed by atoms with Crippen LogP contribution in [0.25, 0.3) is 0 Å². The minimum absolute atomic E-state index is 0.0312. The molecule has 0 radical (unpaired) electrons. The number of aromatic nitrogens is 4. The molecule has 31 heavy (non-hydrogen) atoms. The highest BCUT2D eigenvalue weighted by Crippen LogP contribution is 2.37. The van der Waals surface area contributed by atoms with Crippen LogP contribution >= 0.6 is 0 Å². The van der Waals surface area contributed by atoms with E-state index in [1.54, 1.807) is 20.1 Å². The monoisotopic (exact) mass is 423 g/mol. The summed E-state index contributed by atoms with van der Waals surface area (Å²) in [6.45, 7) is 10.3. The van der Waals surface area contributed by atoms with E-state index in [9.17, 15) is 4.79 Å². The van der Waals surface area contributed by atoms with E-state index in [1.165, 1.54) is 16.5 Å². The predicted molar refractivity (Wildman–Crippen MR) is 119 cm³/mol. The van der Waals surface area contributed by atoms with Gasteiger partial charge in [0.15, 0.2) is 11.6 Å². The van der Waals surface area contributed by atoms with Gasteiger partial charge < -0.3 is 9.26 Å². The van der Waals surface area contributed by atoms with Crippen molar-refractivity contribution in [1.82, 2.24) is 19.7 Å². The molecule has 1 aliphatic rings. The van der Waals surface area contributed by atoms with Crippen LogP contribution in [-0.4, -0.2) is 32.5 Å². The fraction of sp³-hybridized carbons (Fsp3) is 0.435. The number of benzene rings is 1. The number of aliphatic imine (C=N–C) groups is 1. The lowest BCUT2D eigenvalue weighted by Crippen LogP contribution is -2.23. The van der Waals surface area contributed by atoms with Gasteiger partial charge in [0, 0.05) is 12.1 Å². The molecule has 0 aliphatic carbocycles. The van der Waals surface area contributed by atoms with Gasteiger partial charge in [0.2, 0.25) is 5.89 Å². The predicted octanol–water partition coefficient (Wildman–Crippen LogP) is 4.29. The SMILES string of the molecule is C/C=N\c1ncn(Cc2nc([C@@H]3CO[C@@H](c4ccc(C)cc4)C3)no2)c(=O)c1C.CC. The third kappa shape index (κ3) is 5.14. The summed E-state index contributed by atoms with van der Waals surface area (Å²) in [5.41, 5.74) is 2.69. The second-order valence-electron chi connectivity index (χ2n) is 7.23. The Balaban J connectivity index is 0.00000132. The smallest absolute Gasteiger partial charge is 0.258 e. The molecule has 1 aliphatic heterocycles. The first-order valence-electron chi connectivity index (χ1n) is 10.6. The van der Waals surface area contributed by atoms with E-state index in [4.69, 9.17) is 9.26 Å². The fourth-order valence-electron chi connectivity index (χ4n) is 3.41. The van der Waals surface area contributed by atoms with Crippen molar-refractivity contribution in [2.24, 2.45) is 4.99 Å². The molecular formula is C23H29N5O3.